The second-order valence-electron chi connectivity index (χ2n) is 3.87. The van der Waals surface area contributed by atoms with Crippen molar-refractivity contribution in [3.8, 4) is 0 Å². The number of carbonyl (C=O) groups excluding carboxylic acids is 2. The summed E-state index contributed by atoms with van der Waals surface area (Å²) in [6.07, 6.45) is -4.70. The molecule has 0 spiro atoms. The van der Waals surface area contributed by atoms with Crippen LogP contribution in [0.5, 0.6) is 0 Å². The number of benzene rings is 1. The minimum absolute atomic E-state index is 0.142. The fraction of sp³-hybridized carbons (Fsp3) is 0.333. The first kappa shape index (κ1) is 16.3. The van der Waals surface area contributed by atoms with Gasteiger partial charge in [-0.2, -0.15) is 13.2 Å². The van der Waals surface area contributed by atoms with Gasteiger partial charge < -0.3 is 10.6 Å². The average Bonchev–Trinajstić information content (AvgIpc) is 2.36. The SMILES string of the molecule is O=C(NCCCNC(=O)C(F)(F)F)c1cccc(Cl)c1. The topological polar surface area (TPSA) is 58.2 Å². The van der Waals surface area contributed by atoms with E-state index in [1.54, 1.807) is 23.5 Å². The molecule has 0 aliphatic heterocycles. The van der Waals surface area contributed by atoms with Crippen LogP contribution in [0.4, 0.5) is 13.2 Å². The van der Waals surface area contributed by atoms with Gasteiger partial charge in [-0.05, 0) is 24.6 Å². The van der Waals surface area contributed by atoms with Crippen molar-refractivity contribution < 1.29 is 22.8 Å². The first-order valence-electron chi connectivity index (χ1n) is 5.69. The van der Waals surface area contributed by atoms with Crippen LogP contribution in [0.15, 0.2) is 24.3 Å². The van der Waals surface area contributed by atoms with E-state index in [0.29, 0.717) is 10.6 Å². The molecule has 0 bridgehead atoms. The van der Waals surface area contributed by atoms with Crippen LogP contribution in [0, 0.1) is 0 Å². The molecule has 8 heteroatoms. The van der Waals surface area contributed by atoms with E-state index in [9.17, 15) is 22.8 Å². The van der Waals surface area contributed by atoms with E-state index in [1.165, 1.54) is 6.07 Å². The Kier molecular flexibility index (Phi) is 5.82. The molecule has 0 aromatic heterocycles. The van der Waals surface area contributed by atoms with Crippen LogP contribution in [0.3, 0.4) is 0 Å². The van der Waals surface area contributed by atoms with E-state index in [-0.39, 0.29) is 25.4 Å². The van der Waals surface area contributed by atoms with Gasteiger partial charge in [0, 0.05) is 23.7 Å². The van der Waals surface area contributed by atoms with Crippen molar-refractivity contribution in [3.63, 3.8) is 0 Å². The molecule has 20 heavy (non-hydrogen) atoms. The Morgan fingerprint density at radius 1 is 1.15 bits per heavy atom. The summed E-state index contributed by atoms with van der Waals surface area (Å²) in [6, 6.07) is 6.26. The molecule has 0 aliphatic rings. The fourth-order valence-corrected chi connectivity index (χ4v) is 1.51. The van der Waals surface area contributed by atoms with Crippen LogP contribution in [0.25, 0.3) is 0 Å². The Balaban J connectivity index is 2.25. The van der Waals surface area contributed by atoms with Crippen molar-refractivity contribution in [3.05, 3.63) is 34.9 Å². The summed E-state index contributed by atoms with van der Waals surface area (Å²) >= 11 is 5.72. The summed E-state index contributed by atoms with van der Waals surface area (Å²) in [7, 11) is 0. The van der Waals surface area contributed by atoms with Crippen molar-refractivity contribution >= 4 is 23.4 Å². The number of halogens is 4. The zero-order valence-electron chi connectivity index (χ0n) is 10.3. The molecule has 1 rings (SSSR count). The third-order valence-corrected chi connectivity index (χ3v) is 2.50. The molecular formula is C12H12ClF3N2O2. The molecule has 2 N–H and O–H groups in total. The molecule has 2 amide bonds. The third kappa shape index (κ3) is 5.48. The highest BCUT2D eigenvalue weighted by Crippen LogP contribution is 2.13. The van der Waals surface area contributed by atoms with Gasteiger partial charge in [0.1, 0.15) is 0 Å². The lowest BCUT2D eigenvalue weighted by Crippen LogP contribution is -2.38. The summed E-state index contributed by atoms with van der Waals surface area (Å²) in [5, 5.41) is 4.63. The van der Waals surface area contributed by atoms with Crippen LogP contribution in [-0.4, -0.2) is 31.1 Å². The lowest BCUT2D eigenvalue weighted by molar-refractivity contribution is -0.173. The van der Waals surface area contributed by atoms with E-state index in [2.05, 4.69) is 5.32 Å². The van der Waals surface area contributed by atoms with E-state index in [0.717, 1.165) is 0 Å². The zero-order chi connectivity index (χ0) is 15.2. The predicted octanol–water partition coefficient (Wildman–Crippen LogP) is 2.14. The quantitative estimate of drug-likeness (QED) is 0.819. The molecule has 0 heterocycles. The number of carbonyl (C=O) groups is 2. The normalized spacial score (nSPS) is 11.0. The fourth-order valence-electron chi connectivity index (χ4n) is 1.32. The molecule has 0 aliphatic carbocycles. The Labute approximate surface area is 118 Å². The molecule has 0 unspecified atom stereocenters. The molecule has 0 atom stereocenters. The third-order valence-electron chi connectivity index (χ3n) is 2.27. The number of nitrogens with one attached hydrogen (secondary N) is 2. The lowest BCUT2D eigenvalue weighted by atomic mass is 10.2. The van der Waals surface area contributed by atoms with E-state index >= 15 is 0 Å². The number of rotatable bonds is 5. The molecule has 0 saturated heterocycles. The summed E-state index contributed by atoms with van der Waals surface area (Å²) < 4.78 is 35.6. The molecular weight excluding hydrogens is 297 g/mol. The van der Waals surface area contributed by atoms with Gasteiger partial charge in [0.25, 0.3) is 5.91 Å². The van der Waals surface area contributed by atoms with Gasteiger partial charge in [-0.1, -0.05) is 17.7 Å². The molecule has 0 fully saturated rings. The molecule has 4 nitrogen and oxygen atoms in total. The van der Waals surface area contributed by atoms with Crippen LogP contribution in [0.2, 0.25) is 5.02 Å². The Hall–Kier alpha value is -1.76. The maximum Gasteiger partial charge on any atom is 0.471 e. The molecule has 1 aromatic rings. The molecule has 0 saturated carbocycles. The number of hydrogen-bond donors (Lipinski definition) is 2. The number of amides is 2. The van der Waals surface area contributed by atoms with Gasteiger partial charge in [0.2, 0.25) is 0 Å². The second-order valence-corrected chi connectivity index (χ2v) is 4.31. The zero-order valence-corrected chi connectivity index (χ0v) is 11.0. The van der Waals surface area contributed by atoms with E-state index in [1.807, 2.05) is 0 Å². The standard InChI is InChI=1S/C12H12ClF3N2O2/c13-9-4-1-3-8(7-9)10(19)17-5-2-6-18-11(20)12(14,15)16/h1,3-4,7H,2,5-6H2,(H,17,19)(H,18,20). The van der Waals surface area contributed by atoms with Crippen molar-refractivity contribution in [2.75, 3.05) is 13.1 Å². The van der Waals surface area contributed by atoms with Crippen molar-refractivity contribution in [1.29, 1.82) is 0 Å². The maximum absolute atomic E-state index is 11.9. The van der Waals surface area contributed by atoms with Crippen LogP contribution < -0.4 is 10.6 Å². The molecule has 110 valence electrons. The highest BCUT2D eigenvalue weighted by molar-refractivity contribution is 6.30. The van der Waals surface area contributed by atoms with Crippen molar-refractivity contribution in [2.45, 2.75) is 12.6 Å². The highest BCUT2D eigenvalue weighted by atomic mass is 35.5. The van der Waals surface area contributed by atoms with E-state index < -0.39 is 12.1 Å². The highest BCUT2D eigenvalue weighted by Gasteiger charge is 2.38. The smallest absolute Gasteiger partial charge is 0.352 e. The summed E-state index contributed by atoms with van der Waals surface area (Å²) in [6.45, 7) is -0.0301. The minimum atomic E-state index is -4.88. The Bertz CT molecular complexity index is 492. The van der Waals surface area contributed by atoms with Gasteiger partial charge in [-0.3, -0.25) is 9.59 Å². The van der Waals surface area contributed by atoms with Gasteiger partial charge in [0.05, 0.1) is 0 Å². The number of alkyl halides is 3. The average molecular weight is 309 g/mol. The monoisotopic (exact) mass is 308 g/mol. The largest absolute Gasteiger partial charge is 0.471 e. The Morgan fingerprint density at radius 2 is 1.80 bits per heavy atom. The first-order valence-corrected chi connectivity index (χ1v) is 6.07. The van der Waals surface area contributed by atoms with Crippen molar-refractivity contribution in [1.82, 2.24) is 10.6 Å². The summed E-state index contributed by atoms with van der Waals surface area (Å²) in [5.41, 5.74) is 0.358. The van der Waals surface area contributed by atoms with Gasteiger partial charge in [0.15, 0.2) is 0 Å². The van der Waals surface area contributed by atoms with Gasteiger partial charge in [-0.15, -0.1) is 0 Å². The summed E-state index contributed by atoms with van der Waals surface area (Å²) in [4.78, 5) is 22.1. The van der Waals surface area contributed by atoms with Crippen molar-refractivity contribution in [2.24, 2.45) is 0 Å². The maximum atomic E-state index is 11.9. The Morgan fingerprint density at radius 3 is 2.40 bits per heavy atom. The lowest BCUT2D eigenvalue weighted by Gasteiger charge is -2.08. The predicted molar refractivity (Wildman–Crippen MR) is 67.5 cm³/mol. The first-order chi connectivity index (χ1) is 9.30. The second kappa shape index (κ2) is 7.14. The van der Waals surface area contributed by atoms with Gasteiger partial charge in [-0.25, -0.2) is 0 Å². The minimum Gasteiger partial charge on any atom is -0.352 e. The summed E-state index contributed by atoms with van der Waals surface area (Å²) in [5.74, 6) is -2.37. The number of hydrogen-bond acceptors (Lipinski definition) is 2. The van der Waals surface area contributed by atoms with Crippen LogP contribution in [-0.2, 0) is 4.79 Å². The molecule has 0 radical (unpaired) electrons. The van der Waals surface area contributed by atoms with Crippen LogP contribution in [0.1, 0.15) is 16.8 Å². The molecule has 1 aromatic carbocycles. The van der Waals surface area contributed by atoms with E-state index in [4.69, 9.17) is 11.6 Å². The van der Waals surface area contributed by atoms with Gasteiger partial charge >= 0.3 is 12.1 Å². The van der Waals surface area contributed by atoms with Crippen LogP contribution >= 0.6 is 11.6 Å².